The number of rotatable bonds is 8. The van der Waals surface area contributed by atoms with E-state index in [4.69, 9.17) is 22.7 Å². The Morgan fingerprint density at radius 2 is 1.41 bits per heavy atom. The van der Waals surface area contributed by atoms with Crippen LogP contribution < -0.4 is 16.4 Å². The number of phenols is 2. The molecule has 5 aromatic heterocycles. The molecule has 0 atom stereocenters. The van der Waals surface area contributed by atoms with Crippen molar-refractivity contribution in [3.8, 4) is 46.2 Å². The number of aromatic nitrogens is 7. The van der Waals surface area contributed by atoms with Crippen molar-refractivity contribution in [3.05, 3.63) is 82.4 Å². The van der Waals surface area contributed by atoms with Gasteiger partial charge in [0.1, 0.15) is 41.1 Å². The number of thiazole rings is 1. The number of aromatic amines is 2. The number of H-pyrrole nitrogens is 2. The predicted octanol–water partition coefficient (Wildman–Crippen LogP) is 6.69. The monoisotopic (exact) mass is 888 g/mol. The number of aromatic hydroxyl groups is 2. The van der Waals surface area contributed by atoms with Crippen LogP contribution in [0.15, 0.2) is 53.9 Å². The van der Waals surface area contributed by atoms with E-state index < -0.39 is 17.6 Å². The number of nitrogens with one attached hydrogen (secondary N) is 4. The van der Waals surface area contributed by atoms with E-state index in [1.807, 2.05) is 12.1 Å². The smallest absolute Gasteiger partial charge is 0.357 e. The molecule has 294 valence electrons. The summed E-state index contributed by atoms with van der Waals surface area (Å²) in [6, 6.07) is 14.2. The van der Waals surface area contributed by atoms with Crippen molar-refractivity contribution in [2.75, 3.05) is 22.6 Å². The highest BCUT2D eigenvalue weighted by Crippen LogP contribution is 2.33. The van der Waals surface area contributed by atoms with Crippen molar-refractivity contribution in [1.29, 1.82) is 10.5 Å². The number of pyridine rings is 2. The number of halogens is 3. The van der Waals surface area contributed by atoms with Crippen LogP contribution in [0.25, 0.3) is 44.6 Å². The molecule has 0 aliphatic rings. The first-order chi connectivity index (χ1) is 27.8. The van der Waals surface area contributed by atoms with E-state index in [1.165, 1.54) is 54.7 Å². The Hall–Kier alpha value is -7.14. The molecule has 7 aromatic rings. The lowest BCUT2D eigenvalue weighted by atomic mass is 10.0. The Morgan fingerprint density at radius 3 is 1.86 bits per heavy atom. The number of ether oxygens (including phenoxy) is 1. The number of thiocarbonyl (C=S) groups is 1. The van der Waals surface area contributed by atoms with Crippen LogP contribution in [0.3, 0.4) is 0 Å². The third-order valence-electron chi connectivity index (χ3n) is 7.40. The lowest BCUT2D eigenvalue weighted by molar-refractivity contribution is -0.114. The summed E-state index contributed by atoms with van der Waals surface area (Å²) in [6.45, 7) is 3.49. The molecule has 0 amide bonds. The quantitative estimate of drug-likeness (QED) is 0.0476. The Labute approximate surface area is 343 Å². The maximum Gasteiger partial charge on any atom is 0.357 e. The first kappa shape index (κ1) is 42.0. The van der Waals surface area contributed by atoms with Gasteiger partial charge in [-0.05, 0) is 62.5 Å². The fourth-order valence-electron chi connectivity index (χ4n) is 4.91. The molecule has 0 bridgehead atoms. The molecule has 0 radical (unpaired) electrons. The van der Waals surface area contributed by atoms with E-state index >= 15 is 0 Å². The summed E-state index contributed by atoms with van der Waals surface area (Å²) >= 11 is 8.91. The number of hydrogen-bond acceptors (Lipinski definition) is 15. The van der Waals surface area contributed by atoms with E-state index in [9.17, 15) is 39.1 Å². The summed E-state index contributed by atoms with van der Waals surface area (Å²) in [5, 5.41) is 60.2. The summed E-state index contributed by atoms with van der Waals surface area (Å²) in [4.78, 5) is 34.3. The van der Waals surface area contributed by atoms with E-state index in [2.05, 4.69) is 61.9 Å². The SMILES string of the molecule is CC(=O)CBr.CCOC(=O)c1csc(Nc2n[nH]c3nc(-c4ccc(O)cc4F)c(C#N)cc23)n1.N#Cc1cc2c(NC(N)=S)n[nH]c2nc1-c1ccc(O)cc1F. The minimum absolute atomic E-state index is 0.0190. The molecule has 0 saturated heterocycles. The number of phenolic OH excluding ortho intramolecular Hbond substituents is 2. The molecule has 22 heteroatoms. The molecule has 0 spiro atoms. The fourth-order valence-corrected chi connectivity index (χ4v) is 5.68. The van der Waals surface area contributed by atoms with Crippen molar-refractivity contribution < 1.29 is 33.3 Å². The second-order valence-electron chi connectivity index (χ2n) is 11.5. The Kier molecular flexibility index (Phi) is 13.5. The van der Waals surface area contributed by atoms with E-state index in [0.717, 1.165) is 12.1 Å². The molecule has 7 rings (SSSR count). The summed E-state index contributed by atoms with van der Waals surface area (Å²) in [6.07, 6.45) is 0. The van der Waals surface area contributed by atoms with Gasteiger partial charge in [0.2, 0.25) is 0 Å². The second kappa shape index (κ2) is 18.7. The molecular formula is C36H27BrF2N12O5S2. The number of Topliss-reactive ketones (excluding diaryl/α,β-unsaturated/α-hetero) is 1. The molecule has 0 aliphatic heterocycles. The highest BCUT2D eigenvalue weighted by molar-refractivity contribution is 9.09. The van der Waals surface area contributed by atoms with Crippen LogP contribution in [0.4, 0.5) is 25.5 Å². The third kappa shape index (κ3) is 9.80. The Bertz CT molecular complexity index is 2780. The standard InChI is InChI=1S/C19H13FN6O3S.C14H9FN6OS.C3H5BrO/c1-2-29-18(28)14-8-30-19(22-14)24-17-12-5-9(7-21)15(23-16(12)25-26-17)11-4-3-10(27)6-13(11)20;15-10-4-7(22)1-2-8(10)11-6(5-16)3-9-12(18-11)20-21-13(9)19-14(17)23;1-3(5)2-4/h3-6,8,27H,2H2,1H3,(H2,22,23,24,25,26);1-4,22H,(H4,17,18,19,20,21,23);2H2,1H3. The van der Waals surface area contributed by atoms with Crippen LogP contribution in [0.2, 0.25) is 0 Å². The largest absolute Gasteiger partial charge is 0.508 e. The number of carbonyl (C=O) groups excluding carboxylic acids is 2. The normalized spacial score (nSPS) is 10.3. The summed E-state index contributed by atoms with van der Waals surface area (Å²) < 4.78 is 33.2. The number of alkyl halides is 1. The number of fused-ring (bicyclic) bond motifs is 2. The van der Waals surface area contributed by atoms with Gasteiger partial charge >= 0.3 is 5.97 Å². The lowest BCUT2D eigenvalue weighted by Crippen LogP contribution is -2.19. The average molecular weight is 890 g/mol. The number of carbonyl (C=O) groups is 2. The first-order valence-electron chi connectivity index (χ1n) is 16.3. The van der Waals surface area contributed by atoms with E-state index in [-0.39, 0.29) is 68.3 Å². The molecular weight excluding hydrogens is 863 g/mol. The van der Waals surface area contributed by atoms with Gasteiger partial charge in [0, 0.05) is 28.6 Å². The average Bonchev–Trinajstić information content (AvgIpc) is 3.93. The highest BCUT2D eigenvalue weighted by Gasteiger charge is 2.20. The first-order valence-corrected chi connectivity index (χ1v) is 18.7. The molecule has 0 aliphatic carbocycles. The number of nitrogens with zero attached hydrogens (tertiary/aromatic N) is 7. The molecule has 58 heavy (non-hydrogen) atoms. The third-order valence-corrected chi connectivity index (χ3v) is 9.05. The Balaban J connectivity index is 0.000000203. The summed E-state index contributed by atoms with van der Waals surface area (Å²) in [7, 11) is 0. The van der Waals surface area contributed by atoms with Gasteiger partial charge in [0.05, 0.1) is 45.2 Å². The van der Waals surface area contributed by atoms with Crippen molar-refractivity contribution in [2.45, 2.75) is 13.8 Å². The molecule has 8 N–H and O–H groups in total. The van der Waals surface area contributed by atoms with Gasteiger partial charge in [0.25, 0.3) is 0 Å². The fraction of sp³-hybridized carbons (Fsp3) is 0.111. The summed E-state index contributed by atoms with van der Waals surface area (Å²) in [5.41, 5.74) is 6.95. The van der Waals surface area contributed by atoms with Gasteiger partial charge in [-0.25, -0.2) is 28.5 Å². The van der Waals surface area contributed by atoms with Crippen molar-refractivity contribution >= 4 is 95.2 Å². The lowest BCUT2D eigenvalue weighted by Gasteiger charge is -2.06. The molecule has 5 heterocycles. The zero-order valence-electron chi connectivity index (χ0n) is 29.9. The number of ketones is 1. The number of anilines is 3. The van der Waals surface area contributed by atoms with Gasteiger partial charge in [-0.3, -0.25) is 15.0 Å². The molecule has 0 fully saturated rings. The van der Waals surface area contributed by atoms with Crippen molar-refractivity contribution in [3.63, 3.8) is 0 Å². The maximum atomic E-state index is 14.3. The van der Waals surface area contributed by atoms with Gasteiger partial charge < -0.3 is 31.3 Å². The van der Waals surface area contributed by atoms with Gasteiger partial charge in [-0.2, -0.15) is 20.7 Å². The number of nitriles is 2. The molecule has 2 aromatic carbocycles. The van der Waals surface area contributed by atoms with Crippen molar-refractivity contribution in [1.82, 2.24) is 35.3 Å². The van der Waals surface area contributed by atoms with Gasteiger partial charge in [-0.1, -0.05) is 15.9 Å². The van der Waals surface area contributed by atoms with E-state index in [1.54, 1.807) is 12.3 Å². The van der Waals surface area contributed by atoms with Crippen LogP contribution in [0, 0.1) is 34.3 Å². The number of hydrogen-bond donors (Lipinski definition) is 7. The zero-order chi connectivity index (χ0) is 42.1. The number of esters is 1. The molecule has 0 unspecified atom stereocenters. The number of benzene rings is 2. The van der Waals surface area contributed by atoms with Crippen LogP contribution in [-0.4, -0.2) is 74.4 Å². The predicted molar refractivity (Wildman–Crippen MR) is 218 cm³/mol. The maximum absolute atomic E-state index is 14.3. The Morgan fingerprint density at radius 1 is 0.914 bits per heavy atom. The number of nitrogens with two attached hydrogens (primary N) is 1. The van der Waals surface area contributed by atoms with E-state index in [0.29, 0.717) is 44.2 Å². The molecule has 17 nitrogen and oxygen atoms in total. The minimum Gasteiger partial charge on any atom is -0.508 e. The van der Waals surface area contributed by atoms with Crippen LogP contribution in [-0.2, 0) is 9.53 Å². The topological polar surface area (TPSA) is 278 Å². The van der Waals surface area contributed by atoms with Crippen LogP contribution in [0.5, 0.6) is 11.5 Å². The highest BCUT2D eigenvalue weighted by atomic mass is 79.9. The zero-order valence-corrected chi connectivity index (χ0v) is 33.1. The minimum atomic E-state index is -0.703. The second-order valence-corrected chi connectivity index (χ2v) is 13.3. The van der Waals surface area contributed by atoms with Crippen LogP contribution in [0.1, 0.15) is 35.5 Å². The van der Waals surface area contributed by atoms with Crippen LogP contribution >= 0.6 is 39.5 Å². The molecule has 0 saturated carbocycles. The van der Waals surface area contributed by atoms with Gasteiger partial charge in [0.15, 0.2) is 38.9 Å². The van der Waals surface area contributed by atoms with Gasteiger partial charge in [-0.15, -0.1) is 11.3 Å². The summed E-state index contributed by atoms with van der Waals surface area (Å²) in [5.74, 6) is -1.51. The van der Waals surface area contributed by atoms with Crippen molar-refractivity contribution in [2.24, 2.45) is 5.73 Å².